The summed E-state index contributed by atoms with van der Waals surface area (Å²) in [5.74, 6) is -2.67. The highest BCUT2D eigenvalue weighted by Crippen LogP contribution is 2.30. The summed E-state index contributed by atoms with van der Waals surface area (Å²) >= 11 is 0. The Morgan fingerprint density at radius 1 is 1.24 bits per heavy atom. The average Bonchev–Trinajstić information content (AvgIpc) is 2.57. The predicted octanol–water partition coefficient (Wildman–Crippen LogP) is 0.513. The Morgan fingerprint density at radius 2 is 1.88 bits per heavy atom. The summed E-state index contributed by atoms with van der Waals surface area (Å²) in [5, 5.41) is 9.13. The first kappa shape index (κ1) is 11.8. The molecule has 2 aromatic carbocycles. The molecule has 0 aromatic heterocycles. The number of hydrogen-bond donors (Lipinski definition) is 3. The van der Waals surface area contributed by atoms with E-state index in [9.17, 15) is 23.1 Å². The number of primary amides is 1. The highest BCUT2D eigenvalue weighted by molar-refractivity contribution is 7.89. The molecule has 0 unspecified atom stereocenters. The molecule has 0 radical (unpaired) electrons. The number of carboxylic acid groups (broad SMARTS) is 1. The number of nitrogens with one attached hydrogen (secondary N) is 1. The van der Waals surface area contributed by atoms with E-state index < -0.39 is 53.2 Å². The van der Waals surface area contributed by atoms with Gasteiger partial charge in [-0.05, 0) is 12.1 Å². The van der Waals surface area contributed by atoms with E-state index in [4.69, 9.17) is 14.0 Å². The molecule has 0 spiro atoms. The van der Waals surface area contributed by atoms with E-state index in [1.165, 1.54) is 30.3 Å². The number of fused-ring (bicyclic) bond motifs is 1. The van der Waals surface area contributed by atoms with Crippen LogP contribution in [0, 0.1) is 0 Å². The van der Waals surface area contributed by atoms with Gasteiger partial charge in [0.2, 0.25) is 15.9 Å². The molecule has 0 aliphatic carbocycles. The van der Waals surface area contributed by atoms with Gasteiger partial charge in [0, 0.05) is 38.6 Å². The highest BCUT2D eigenvalue weighted by atomic mass is 32.2. The van der Waals surface area contributed by atoms with Crippen LogP contribution in [-0.2, 0) is 19.6 Å². The normalized spacial score (nSPS) is 17.3. The van der Waals surface area contributed by atoms with Crippen LogP contribution < -0.4 is 15.4 Å². The lowest BCUT2D eigenvalue weighted by Gasteiger charge is -2.18. The van der Waals surface area contributed by atoms with Crippen molar-refractivity contribution in [3.05, 3.63) is 36.4 Å². The molecule has 1 atom stereocenters. The number of rotatable bonds is 7. The van der Waals surface area contributed by atoms with Crippen molar-refractivity contribution < 1.29 is 31.3 Å². The Balaban J connectivity index is 2.69. The molecule has 134 valence electrons. The van der Waals surface area contributed by atoms with Crippen molar-refractivity contribution in [2.45, 2.75) is 17.4 Å². The minimum atomic E-state index is -4.53. The van der Waals surface area contributed by atoms with Crippen molar-refractivity contribution in [1.82, 2.24) is 4.72 Å². The molecule has 8 nitrogen and oxygen atoms in total. The molecule has 0 aliphatic heterocycles. The van der Waals surface area contributed by atoms with E-state index in [0.29, 0.717) is 0 Å². The Bertz CT molecular complexity index is 1100. The lowest BCUT2D eigenvalue weighted by molar-refractivity contribution is -0.140. The number of nitrogens with zero attached hydrogens (tertiary/aromatic N) is 1. The Morgan fingerprint density at radius 3 is 2.48 bits per heavy atom. The smallest absolute Gasteiger partial charge is 0.322 e. The van der Waals surface area contributed by atoms with Gasteiger partial charge in [0.1, 0.15) is 6.04 Å². The topological polar surface area (TPSA) is 130 Å². The molecule has 0 heterocycles. The van der Waals surface area contributed by atoms with E-state index in [2.05, 4.69) is 0 Å². The van der Waals surface area contributed by atoms with Crippen LogP contribution in [0.2, 0.25) is 0 Å². The zero-order valence-corrected chi connectivity index (χ0v) is 13.6. The highest BCUT2D eigenvalue weighted by Gasteiger charge is 2.28. The standard InChI is InChI=1S/C16H19N3O5S/c1-19(2)13-7-3-6-11-10(13)5-4-8-14(11)25(23,24)18-12(16(21)22)9-15(17)20/h3-8,12,18H,9H2,1-2H3,(H2,17,20)(H,21,22)/t12-/m0/s1/i1D3,2D3. The van der Waals surface area contributed by atoms with E-state index in [1.54, 1.807) is 0 Å². The average molecular weight is 371 g/mol. The third kappa shape index (κ3) is 4.06. The molecule has 2 rings (SSSR count). The second kappa shape index (κ2) is 7.08. The number of benzene rings is 2. The van der Waals surface area contributed by atoms with Crippen molar-refractivity contribution >= 4 is 38.4 Å². The summed E-state index contributed by atoms with van der Waals surface area (Å²) < 4.78 is 73.2. The zero-order chi connectivity index (χ0) is 23.8. The zero-order valence-electron chi connectivity index (χ0n) is 18.8. The van der Waals surface area contributed by atoms with Crippen LogP contribution in [0.15, 0.2) is 41.3 Å². The van der Waals surface area contributed by atoms with Gasteiger partial charge in [-0.25, -0.2) is 8.42 Å². The molecule has 25 heavy (non-hydrogen) atoms. The van der Waals surface area contributed by atoms with Crippen molar-refractivity contribution in [1.29, 1.82) is 0 Å². The summed E-state index contributed by atoms with van der Waals surface area (Å²) in [7, 11) is -4.53. The lowest BCUT2D eigenvalue weighted by atomic mass is 10.1. The van der Waals surface area contributed by atoms with Crippen LogP contribution in [0.5, 0.6) is 0 Å². The first-order chi connectivity index (χ1) is 14.1. The van der Waals surface area contributed by atoms with Crippen molar-refractivity contribution in [3.63, 3.8) is 0 Å². The Kier molecular flexibility index (Phi) is 3.35. The lowest BCUT2D eigenvalue weighted by Crippen LogP contribution is -2.43. The van der Waals surface area contributed by atoms with Crippen molar-refractivity contribution in [2.24, 2.45) is 5.73 Å². The molecular formula is C16H19N3O5S. The maximum absolute atomic E-state index is 12.9. The molecule has 0 aliphatic rings. The van der Waals surface area contributed by atoms with Crippen LogP contribution in [0.3, 0.4) is 0 Å². The number of carbonyl (C=O) groups excluding carboxylic acids is 1. The molecule has 9 heteroatoms. The monoisotopic (exact) mass is 371 g/mol. The molecule has 4 N–H and O–H groups in total. The molecule has 0 saturated heterocycles. The summed E-state index contributed by atoms with van der Waals surface area (Å²) in [5.41, 5.74) is 4.70. The van der Waals surface area contributed by atoms with Gasteiger partial charge in [0.05, 0.1) is 11.3 Å². The fraction of sp³-hybridized carbons (Fsp3) is 0.250. The second-order valence-electron chi connectivity index (χ2n) is 5.15. The van der Waals surface area contributed by atoms with E-state index >= 15 is 0 Å². The maximum atomic E-state index is 12.9. The minimum Gasteiger partial charge on any atom is -0.480 e. The molecular weight excluding hydrogens is 346 g/mol. The van der Waals surface area contributed by atoms with Gasteiger partial charge in [-0.3, -0.25) is 9.59 Å². The fourth-order valence-electron chi connectivity index (χ4n) is 2.33. The Labute approximate surface area is 153 Å². The van der Waals surface area contributed by atoms with Gasteiger partial charge in [-0.2, -0.15) is 4.72 Å². The first-order valence-corrected chi connectivity index (χ1v) is 8.39. The van der Waals surface area contributed by atoms with Crippen LogP contribution in [0.1, 0.15) is 14.6 Å². The van der Waals surface area contributed by atoms with Gasteiger partial charge in [0.25, 0.3) is 0 Å². The summed E-state index contributed by atoms with van der Waals surface area (Å²) in [4.78, 5) is 22.2. The summed E-state index contributed by atoms with van der Waals surface area (Å²) in [6, 6.07) is 5.70. The van der Waals surface area contributed by atoms with E-state index in [-0.39, 0.29) is 21.4 Å². The number of aliphatic carboxylic acids is 1. The largest absolute Gasteiger partial charge is 0.480 e. The molecule has 1 amide bonds. The van der Waals surface area contributed by atoms with Crippen molar-refractivity contribution in [2.75, 3.05) is 18.9 Å². The van der Waals surface area contributed by atoms with Crippen molar-refractivity contribution in [3.8, 4) is 0 Å². The van der Waals surface area contributed by atoms with E-state index in [1.807, 2.05) is 4.72 Å². The number of carbonyl (C=O) groups is 2. The number of anilines is 1. The number of sulfonamides is 1. The second-order valence-corrected chi connectivity index (χ2v) is 6.83. The third-order valence-corrected chi connectivity index (χ3v) is 4.92. The van der Waals surface area contributed by atoms with Gasteiger partial charge >= 0.3 is 5.97 Å². The minimum absolute atomic E-state index is 0.000554. The van der Waals surface area contributed by atoms with Gasteiger partial charge in [-0.15, -0.1) is 0 Å². The molecule has 0 fully saturated rings. The van der Waals surface area contributed by atoms with Gasteiger partial charge in [0.15, 0.2) is 0 Å². The summed E-state index contributed by atoms with van der Waals surface area (Å²) in [6.45, 7) is -6.13. The number of carboxylic acids is 1. The molecule has 0 bridgehead atoms. The SMILES string of the molecule is [2H]C([2H])([2H])N(c1cccc2c(S(=O)(=O)N[C@@H](CC(N)=O)C(=O)O)cccc12)C([2H])([2H])[2H]. The van der Waals surface area contributed by atoms with E-state index in [0.717, 1.165) is 6.07 Å². The number of hydrogen-bond acceptors (Lipinski definition) is 5. The maximum Gasteiger partial charge on any atom is 0.322 e. The Hall–Kier alpha value is -2.65. The van der Waals surface area contributed by atoms with Crippen LogP contribution in [-0.4, -0.2) is 45.4 Å². The molecule has 2 aromatic rings. The van der Waals surface area contributed by atoms with Crippen LogP contribution in [0.4, 0.5) is 5.69 Å². The summed E-state index contributed by atoms with van der Waals surface area (Å²) in [6.07, 6.45) is -0.795. The quantitative estimate of drug-likeness (QED) is 0.650. The van der Waals surface area contributed by atoms with Crippen LogP contribution >= 0.6 is 0 Å². The fourth-order valence-corrected chi connectivity index (χ4v) is 3.74. The van der Waals surface area contributed by atoms with Gasteiger partial charge in [-0.1, -0.05) is 24.3 Å². The number of nitrogens with two attached hydrogens (primary N) is 1. The third-order valence-electron chi connectivity index (χ3n) is 3.39. The first-order valence-electron chi connectivity index (χ1n) is 9.91. The van der Waals surface area contributed by atoms with Gasteiger partial charge < -0.3 is 15.7 Å². The van der Waals surface area contributed by atoms with Crippen LogP contribution in [0.25, 0.3) is 10.8 Å². The molecule has 0 saturated carbocycles. The number of amides is 1. The predicted molar refractivity (Wildman–Crippen MR) is 93.8 cm³/mol.